The van der Waals surface area contributed by atoms with Gasteiger partial charge >= 0.3 is 0 Å². The van der Waals surface area contributed by atoms with Crippen LogP contribution in [0.25, 0.3) is 21.0 Å². The summed E-state index contributed by atoms with van der Waals surface area (Å²) < 4.78 is 6.93. The van der Waals surface area contributed by atoms with Gasteiger partial charge in [0.15, 0.2) is 16.5 Å². The molecule has 1 atom stereocenters. The first-order valence-corrected chi connectivity index (χ1v) is 9.05. The van der Waals surface area contributed by atoms with E-state index < -0.39 is 0 Å². The minimum absolute atomic E-state index is 0.0717. The molecule has 1 aliphatic rings. The second-order valence-corrected chi connectivity index (χ2v) is 7.07. The zero-order valence-electron chi connectivity index (χ0n) is 13.3. The number of piperidine rings is 1. The van der Waals surface area contributed by atoms with E-state index in [0.717, 1.165) is 41.0 Å². The Morgan fingerprint density at radius 1 is 1.29 bits per heavy atom. The minimum atomic E-state index is -0.0717. The molecule has 3 heterocycles. The van der Waals surface area contributed by atoms with Gasteiger partial charge in [-0.05, 0) is 43.5 Å². The number of hydrogen-bond acceptors (Lipinski definition) is 5. The maximum absolute atomic E-state index is 12.7. The molecule has 1 fully saturated rings. The quantitative estimate of drug-likeness (QED) is 0.791. The van der Waals surface area contributed by atoms with Crippen LogP contribution < -0.4 is 5.73 Å². The number of benzene rings is 1. The number of aromatic nitrogens is 1. The lowest BCUT2D eigenvalue weighted by molar-refractivity contribution is 0.0592. The van der Waals surface area contributed by atoms with E-state index in [1.54, 1.807) is 17.4 Å². The summed E-state index contributed by atoms with van der Waals surface area (Å²) >= 11 is 1.57. The van der Waals surface area contributed by atoms with Crippen LogP contribution in [0.2, 0.25) is 0 Å². The molecule has 2 aromatic heterocycles. The van der Waals surface area contributed by atoms with Crippen LogP contribution in [0, 0.1) is 0 Å². The fourth-order valence-electron chi connectivity index (χ4n) is 3.20. The van der Waals surface area contributed by atoms with Crippen LogP contribution >= 0.6 is 11.3 Å². The van der Waals surface area contributed by atoms with Gasteiger partial charge in [-0.15, -0.1) is 11.3 Å². The Bertz CT molecular complexity index is 837. The lowest BCUT2D eigenvalue weighted by Gasteiger charge is -2.34. The molecule has 6 heteroatoms. The van der Waals surface area contributed by atoms with Crippen molar-refractivity contribution in [3.8, 4) is 10.8 Å². The third-order valence-electron chi connectivity index (χ3n) is 4.48. The average molecular weight is 341 g/mol. The number of carbonyl (C=O) groups excluding carboxylic acids is 1. The fraction of sp³-hybridized carbons (Fsp3) is 0.333. The molecule has 1 saturated heterocycles. The monoisotopic (exact) mass is 341 g/mol. The Morgan fingerprint density at radius 2 is 2.17 bits per heavy atom. The number of furan rings is 1. The number of likely N-dealkylation sites (tertiary alicyclic amines) is 1. The van der Waals surface area contributed by atoms with E-state index in [0.29, 0.717) is 18.1 Å². The van der Waals surface area contributed by atoms with Gasteiger partial charge in [-0.2, -0.15) is 0 Å². The number of carbonyl (C=O) groups is 1. The second-order valence-electron chi connectivity index (χ2n) is 6.03. The number of hydrogen-bond donors (Lipinski definition) is 1. The lowest BCUT2D eigenvalue weighted by atomic mass is 10.0. The zero-order chi connectivity index (χ0) is 16.5. The van der Waals surface area contributed by atoms with Crippen LogP contribution in [0.1, 0.15) is 29.8 Å². The standard InChI is InChI=1S/C18H19N3O2S/c19-11-12-5-3-4-10-21(12)18(22)15-9-8-14(23-15)17-20-13-6-1-2-7-16(13)24-17/h1-2,6-9,12H,3-5,10-11,19H2. The molecule has 1 amide bonds. The third-order valence-corrected chi connectivity index (χ3v) is 5.53. The topological polar surface area (TPSA) is 72.4 Å². The Labute approximate surface area is 144 Å². The summed E-state index contributed by atoms with van der Waals surface area (Å²) in [6.45, 7) is 1.25. The number of amides is 1. The van der Waals surface area contributed by atoms with E-state index in [4.69, 9.17) is 10.2 Å². The van der Waals surface area contributed by atoms with Crippen molar-refractivity contribution in [2.45, 2.75) is 25.3 Å². The van der Waals surface area contributed by atoms with Gasteiger partial charge in [-0.1, -0.05) is 12.1 Å². The van der Waals surface area contributed by atoms with Crippen LogP contribution in [0.5, 0.6) is 0 Å². The first kappa shape index (κ1) is 15.4. The molecule has 24 heavy (non-hydrogen) atoms. The summed E-state index contributed by atoms with van der Waals surface area (Å²) in [7, 11) is 0. The summed E-state index contributed by atoms with van der Waals surface area (Å²) in [5, 5.41) is 0.796. The summed E-state index contributed by atoms with van der Waals surface area (Å²) in [5.41, 5.74) is 6.76. The maximum atomic E-state index is 12.7. The van der Waals surface area contributed by atoms with E-state index in [9.17, 15) is 4.79 Å². The molecule has 124 valence electrons. The van der Waals surface area contributed by atoms with Crippen molar-refractivity contribution in [1.29, 1.82) is 0 Å². The van der Waals surface area contributed by atoms with Gasteiger partial charge in [0, 0.05) is 19.1 Å². The van der Waals surface area contributed by atoms with Crippen molar-refractivity contribution in [3.05, 3.63) is 42.2 Å². The van der Waals surface area contributed by atoms with Gasteiger partial charge in [-0.25, -0.2) is 4.98 Å². The highest BCUT2D eigenvalue weighted by Gasteiger charge is 2.28. The van der Waals surface area contributed by atoms with Crippen molar-refractivity contribution in [3.63, 3.8) is 0 Å². The molecule has 3 aromatic rings. The minimum Gasteiger partial charge on any atom is -0.448 e. The Morgan fingerprint density at radius 3 is 3.00 bits per heavy atom. The molecular formula is C18H19N3O2S. The predicted octanol–water partition coefficient (Wildman–Crippen LogP) is 3.51. The highest BCUT2D eigenvalue weighted by Crippen LogP contribution is 2.31. The summed E-state index contributed by atoms with van der Waals surface area (Å²) in [5.74, 6) is 0.933. The molecule has 0 saturated carbocycles. The van der Waals surface area contributed by atoms with Crippen molar-refractivity contribution in [1.82, 2.24) is 9.88 Å². The summed E-state index contributed by atoms with van der Waals surface area (Å²) in [4.78, 5) is 19.2. The molecule has 0 aliphatic carbocycles. The average Bonchev–Trinajstić information content (AvgIpc) is 3.27. The van der Waals surface area contributed by atoms with Gasteiger partial charge in [-0.3, -0.25) is 4.79 Å². The number of nitrogens with two attached hydrogens (primary N) is 1. The summed E-state index contributed by atoms with van der Waals surface area (Å²) in [6, 6.07) is 11.6. The largest absolute Gasteiger partial charge is 0.448 e. The molecule has 0 spiro atoms. The van der Waals surface area contributed by atoms with Gasteiger partial charge in [0.2, 0.25) is 0 Å². The normalized spacial score (nSPS) is 18.2. The summed E-state index contributed by atoms with van der Waals surface area (Å²) in [6.07, 6.45) is 3.11. The number of nitrogens with zero attached hydrogens (tertiary/aromatic N) is 2. The molecule has 1 aromatic carbocycles. The van der Waals surface area contributed by atoms with Gasteiger partial charge in [0.1, 0.15) is 0 Å². The van der Waals surface area contributed by atoms with E-state index >= 15 is 0 Å². The number of para-hydroxylation sites is 1. The first-order valence-electron chi connectivity index (χ1n) is 8.23. The highest BCUT2D eigenvalue weighted by molar-refractivity contribution is 7.21. The molecule has 0 bridgehead atoms. The van der Waals surface area contributed by atoms with Crippen LogP contribution in [0.4, 0.5) is 0 Å². The zero-order valence-corrected chi connectivity index (χ0v) is 14.1. The fourth-order valence-corrected chi connectivity index (χ4v) is 4.13. The van der Waals surface area contributed by atoms with Gasteiger partial charge in [0.25, 0.3) is 5.91 Å². The number of thiazole rings is 1. The van der Waals surface area contributed by atoms with Gasteiger partial charge < -0.3 is 15.1 Å². The molecule has 0 radical (unpaired) electrons. The van der Waals surface area contributed by atoms with E-state index in [2.05, 4.69) is 4.98 Å². The Balaban J connectivity index is 1.61. The Hall–Kier alpha value is -2.18. The molecule has 1 unspecified atom stereocenters. The van der Waals surface area contributed by atoms with Crippen molar-refractivity contribution in [2.24, 2.45) is 5.73 Å². The molecule has 2 N–H and O–H groups in total. The van der Waals surface area contributed by atoms with Crippen molar-refractivity contribution < 1.29 is 9.21 Å². The highest BCUT2D eigenvalue weighted by atomic mass is 32.1. The predicted molar refractivity (Wildman–Crippen MR) is 95.1 cm³/mol. The molecular weight excluding hydrogens is 322 g/mol. The second kappa shape index (κ2) is 6.37. The van der Waals surface area contributed by atoms with E-state index in [-0.39, 0.29) is 11.9 Å². The first-order chi connectivity index (χ1) is 11.8. The van der Waals surface area contributed by atoms with E-state index in [1.165, 1.54) is 0 Å². The van der Waals surface area contributed by atoms with Gasteiger partial charge in [0.05, 0.1) is 10.2 Å². The van der Waals surface area contributed by atoms with E-state index in [1.807, 2.05) is 35.2 Å². The molecule has 1 aliphatic heterocycles. The van der Waals surface area contributed by atoms with Crippen LogP contribution in [0.15, 0.2) is 40.8 Å². The van der Waals surface area contributed by atoms with Crippen molar-refractivity contribution >= 4 is 27.5 Å². The smallest absolute Gasteiger partial charge is 0.289 e. The third kappa shape index (κ3) is 2.72. The maximum Gasteiger partial charge on any atom is 0.289 e. The van der Waals surface area contributed by atoms with Crippen LogP contribution in [-0.2, 0) is 0 Å². The lowest BCUT2D eigenvalue weighted by Crippen LogP contribution is -2.47. The van der Waals surface area contributed by atoms with Crippen molar-refractivity contribution in [2.75, 3.05) is 13.1 Å². The van der Waals surface area contributed by atoms with Crippen LogP contribution in [0.3, 0.4) is 0 Å². The van der Waals surface area contributed by atoms with Crippen LogP contribution in [-0.4, -0.2) is 34.9 Å². The SMILES string of the molecule is NCC1CCCCN1C(=O)c1ccc(-c2nc3ccccc3s2)o1. The number of rotatable bonds is 3. The number of fused-ring (bicyclic) bond motifs is 1. The molecule has 5 nitrogen and oxygen atoms in total. The Kier molecular flexibility index (Phi) is 4.08. The molecule has 4 rings (SSSR count).